The summed E-state index contributed by atoms with van der Waals surface area (Å²) >= 11 is 0. The number of amides is 1. The summed E-state index contributed by atoms with van der Waals surface area (Å²) in [5, 5.41) is 5.00. The second kappa shape index (κ2) is 5.44. The highest BCUT2D eigenvalue weighted by Crippen LogP contribution is 2.19. The van der Waals surface area contributed by atoms with Gasteiger partial charge in [-0.15, -0.1) is 0 Å². The summed E-state index contributed by atoms with van der Waals surface area (Å²) < 4.78 is 5.47. The van der Waals surface area contributed by atoms with E-state index in [1.807, 2.05) is 62.4 Å². The van der Waals surface area contributed by atoms with Crippen molar-refractivity contribution in [3.63, 3.8) is 0 Å². The molecule has 1 N–H and O–H groups in total. The second-order valence-electron chi connectivity index (χ2n) is 5.15. The number of benzene rings is 2. The number of furan rings is 1. The van der Waals surface area contributed by atoms with E-state index in [4.69, 9.17) is 4.42 Å². The van der Waals surface area contributed by atoms with Crippen molar-refractivity contribution in [3.05, 3.63) is 71.2 Å². The molecule has 0 aliphatic carbocycles. The maximum Gasteiger partial charge on any atom is 0.252 e. The first-order chi connectivity index (χ1) is 10.1. The second-order valence-corrected chi connectivity index (χ2v) is 5.15. The molecule has 3 heteroatoms. The number of carbonyl (C=O) groups is 1. The fraction of sp³-hybridized carbons (Fsp3) is 0.167. The van der Waals surface area contributed by atoms with Crippen LogP contribution < -0.4 is 5.32 Å². The van der Waals surface area contributed by atoms with E-state index in [-0.39, 0.29) is 5.91 Å². The molecule has 0 saturated heterocycles. The van der Waals surface area contributed by atoms with Crippen LogP contribution in [0.3, 0.4) is 0 Å². The Labute approximate surface area is 123 Å². The van der Waals surface area contributed by atoms with Crippen LogP contribution in [-0.2, 0) is 6.54 Å². The van der Waals surface area contributed by atoms with Crippen LogP contribution in [0.15, 0.2) is 52.9 Å². The monoisotopic (exact) mass is 279 g/mol. The quantitative estimate of drug-likeness (QED) is 0.788. The number of carbonyl (C=O) groups excluding carboxylic acids is 1. The van der Waals surface area contributed by atoms with Crippen molar-refractivity contribution in [2.24, 2.45) is 0 Å². The fourth-order valence-corrected chi connectivity index (χ4v) is 2.55. The van der Waals surface area contributed by atoms with E-state index in [0.717, 1.165) is 27.9 Å². The summed E-state index contributed by atoms with van der Waals surface area (Å²) in [5.74, 6) is 1.65. The molecule has 3 aromatic rings. The van der Waals surface area contributed by atoms with Crippen LogP contribution in [0.1, 0.15) is 27.4 Å². The summed E-state index contributed by atoms with van der Waals surface area (Å²) in [4.78, 5) is 12.4. The molecule has 1 heterocycles. The van der Waals surface area contributed by atoms with Gasteiger partial charge in [0, 0.05) is 17.7 Å². The number of hydrogen-bond acceptors (Lipinski definition) is 2. The predicted molar refractivity (Wildman–Crippen MR) is 83.3 cm³/mol. The molecule has 106 valence electrons. The molecule has 2 aromatic carbocycles. The van der Waals surface area contributed by atoms with Gasteiger partial charge >= 0.3 is 0 Å². The first kappa shape index (κ1) is 13.4. The lowest BCUT2D eigenvalue weighted by Crippen LogP contribution is -2.23. The third-order valence-corrected chi connectivity index (χ3v) is 3.62. The van der Waals surface area contributed by atoms with Crippen molar-refractivity contribution in [2.45, 2.75) is 20.4 Å². The third-order valence-electron chi connectivity index (χ3n) is 3.62. The zero-order valence-electron chi connectivity index (χ0n) is 12.1. The molecule has 0 radical (unpaired) electrons. The van der Waals surface area contributed by atoms with Crippen molar-refractivity contribution in [1.82, 2.24) is 5.32 Å². The Balaban J connectivity index is 1.83. The minimum atomic E-state index is -0.0648. The Bertz CT molecular complexity index is 797. The molecule has 21 heavy (non-hydrogen) atoms. The van der Waals surface area contributed by atoms with Crippen LogP contribution in [-0.4, -0.2) is 5.91 Å². The van der Waals surface area contributed by atoms with Crippen LogP contribution in [0.5, 0.6) is 0 Å². The zero-order valence-corrected chi connectivity index (χ0v) is 12.1. The fourth-order valence-electron chi connectivity index (χ4n) is 2.55. The lowest BCUT2D eigenvalue weighted by Gasteiger charge is -2.07. The van der Waals surface area contributed by atoms with Gasteiger partial charge in [0.2, 0.25) is 0 Å². The molecule has 0 aliphatic rings. The normalized spacial score (nSPS) is 10.8. The van der Waals surface area contributed by atoms with Gasteiger partial charge < -0.3 is 9.73 Å². The van der Waals surface area contributed by atoms with Crippen molar-refractivity contribution in [2.75, 3.05) is 0 Å². The summed E-state index contributed by atoms with van der Waals surface area (Å²) in [5.41, 5.74) is 1.71. The van der Waals surface area contributed by atoms with E-state index in [1.54, 1.807) is 0 Å². The highest BCUT2D eigenvalue weighted by atomic mass is 16.3. The Morgan fingerprint density at radius 3 is 2.62 bits per heavy atom. The van der Waals surface area contributed by atoms with Gasteiger partial charge in [-0.3, -0.25) is 4.79 Å². The SMILES string of the molecule is Cc1cc(CNC(=O)c2cccc3ccccc23)c(C)o1. The number of nitrogens with one attached hydrogen (secondary N) is 1. The smallest absolute Gasteiger partial charge is 0.252 e. The molecule has 0 spiro atoms. The molecule has 0 fully saturated rings. The van der Waals surface area contributed by atoms with E-state index >= 15 is 0 Å². The molecular weight excluding hydrogens is 262 g/mol. The van der Waals surface area contributed by atoms with Crippen molar-refractivity contribution in [1.29, 1.82) is 0 Å². The van der Waals surface area contributed by atoms with Gasteiger partial charge in [0.1, 0.15) is 11.5 Å². The van der Waals surface area contributed by atoms with Crippen molar-refractivity contribution >= 4 is 16.7 Å². The molecule has 1 aromatic heterocycles. The molecule has 0 aliphatic heterocycles. The first-order valence-corrected chi connectivity index (χ1v) is 6.97. The largest absolute Gasteiger partial charge is 0.466 e. The van der Waals surface area contributed by atoms with Gasteiger partial charge in [0.25, 0.3) is 5.91 Å². The Kier molecular flexibility index (Phi) is 3.48. The lowest BCUT2D eigenvalue weighted by atomic mass is 10.0. The van der Waals surface area contributed by atoms with Crippen molar-refractivity contribution in [3.8, 4) is 0 Å². The summed E-state index contributed by atoms with van der Waals surface area (Å²) in [6.45, 7) is 4.29. The molecule has 0 saturated carbocycles. The summed E-state index contributed by atoms with van der Waals surface area (Å²) in [7, 11) is 0. The van der Waals surface area contributed by atoms with Gasteiger partial charge in [-0.25, -0.2) is 0 Å². The van der Waals surface area contributed by atoms with Gasteiger partial charge in [0.15, 0.2) is 0 Å². The standard InChI is InChI=1S/C18H17NO2/c1-12-10-15(13(2)21-12)11-19-18(20)17-9-5-7-14-6-3-4-8-16(14)17/h3-10H,11H2,1-2H3,(H,19,20). The highest BCUT2D eigenvalue weighted by molar-refractivity contribution is 6.06. The lowest BCUT2D eigenvalue weighted by molar-refractivity contribution is 0.0952. The van der Waals surface area contributed by atoms with E-state index in [0.29, 0.717) is 12.1 Å². The van der Waals surface area contributed by atoms with Gasteiger partial charge in [-0.05, 0) is 36.8 Å². The average molecular weight is 279 g/mol. The predicted octanol–water partition coefficient (Wildman–Crippen LogP) is 3.98. The maximum absolute atomic E-state index is 12.4. The molecule has 0 atom stereocenters. The number of rotatable bonds is 3. The molecule has 3 rings (SSSR count). The number of hydrogen-bond donors (Lipinski definition) is 1. The number of fused-ring (bicyclic) bond motifs is 1. The summed E-state index contributed by atoms with van der Waals surface area (Å²) in [6, 6.07) is 15.6. The summed E-state index contributed by atoms with van der Waals surface area (Å²) in [6.07, 6.45) is 0. The van der Waals surface area contributed by atoms with Crippen LogP contribution in [0, 0.1) is 13.8 Å². The van der Waals surface area contributed by atoms with E-state index in [9.17, 15) is 4.79 Å². The van der Waals surface area contributed by atoms with E-state index < -0.39 is 0 Å². The topological polar surface area (TPSA) is 42.2 Å². The van der Waals surface area contributed by atoms with Crippen LogP contribution in [0.2, 0.25) is 0 Å². The van der Waals surface area contributed by atoms with Gasteiger partial charge in [0.05, 0.1) is 0 Å². The molecular formula is C18H17NO2. The maximum atomic E-state index is 12.4. The van der Waals surface area contributed by atoms with Crippen LogP contribution in [0.4, 0.5) is 0 Å². The minimum absolute atomic E-state index is 0.0648. The first-order valence-electron chi connectivity index (χ1n) is 6.97. The Hall–Kier alpha value is -2.55. The molecule has 1 amide bonds. The van der Waals surface area contributed by atoms with Gasteiger partial charge in [-0.1, -0.05) is 36.4 Å². The third kappa shape index (κ3) is 2.68. The van der Waals surface area contributed by atoms with Crippen LogP contribution >= 0.6 is 0 Å². The average Bonchev–Trinajstić information content (AvgIpc) is 2.82. The minimum Gasteiger partial charge on any atom is -0.466 e. The molecule has 0 unspecified atom stereocenters. The molecule has 3 nitrogen and oxygen atoms in total. The van der Waals surface area contributed by atoms with Gasteiger partial charge in [-0.2, -0.15) is 0 Å². The number of aryl methyl sites for hydroxylation is 2. The molecule has 0 bridgehead atoms. The van der Waals surface area contributed by atoms with Crippen LogP contribution in [0.25, 0.3) is 10.8 Å². The highest BCUT2D eigenvalue weighted by Gasteiger charge is 2.11. The Morgan fingerprint density at radius 1 is 1.10 bits per heavy atom. The Morgan fingerprint density at radius 2 is 1.86 bits per heavy atom. The van der Waals surface area contributed by atoms with Crippen molar-refractivity contribution < 1.29 is 9.21 Å². The van der Waals surface area contributed by atoms with E-state index in [2.05, 4.69) is 5.32 Å². The van der Waals surface area contributed by atoms with E-state index in [1.165, 1.54) is 0 Å². The zero-order chi connectivity index (χ0) is 14.8.